The van der Waals surface area contributed by atoms with Gasteiger partial charge in [0.2, 0.25) is 0 Å². The molecule has 0 aliphatic heterocycles. The topological polar surface area (TPSA) is 86.6 Å². The second-order valence-corrected chi connectivity index (χ2v) is 4.50. The fourth-order valence-corrected chi connectivity index (χ4v) is 2.21. The SMILES string of the molecule is O=C(Nc1sccc1C(=O)O)c1cc(F)ccc1O. The van der Waals surface area contributed by atoms with Crippen LogP contribution in [0.15, 0.2) is 29.6 Å². The van der Waals surface area contributed by atoms with Crippen molar-refractivity contribution in [2.45, 2.75) is 0 Å². The average molecular weight is 281 g/mol. The first kappa shape index (κ1) is 13.0. The van der Waals surface area contributed by atoms with Gasteiger partial charge in [0.1, 0.15) is 16.6 Å². The molecule has 19 heavy (non-hydrogen) atoms. The summed E-state index contributed by atoms with van der Waals surface area (Å²) in [7, 11) is 0. The van der Waals surface area contributed by atoms with E-state index in [1.165, 1.54) is 11.4 Å². The maximum Gasteiger partial charge on any atom is 0.338 e. The lowest BCUT2D eigenvalue weighted by Crippen LogP contribution is -2.13. The summed E-state index contributed by atoms with van der Waals surface area (Å²) in [5, 5.41) is 22.3. The number of anilines is 1. The third kappa shape index (κ3) is 2.71. The predicted molar refractivity (Wildman–Crippen MR) is 67.3 cm³/mol. The maximum absolute atomic E-state index is 13.0. The Labute approximate surface area is 110 Å². The Morgan fingerprint density at radius 1 is 1.21 bits per heavy atom. The first-order chi connectivity index (χ1) is 8.99. The number of benzene rings is 1. The minimum Gasteiger partial charge on any atom is -0.507 e. The van der Waals surface area contributed by atoms with Gasteiger partial charge in [0.15, 0.2) is 0 Å². The molecule has 0 fully saturated rings. The van der Waals surface area contributed by atoms with Crippen molar-refractivity contribution in [3.05, 3.63) is 46.6 Å². The fourth-order valence-electron chi connectivity index (χ4n) is 1.44. The number of aromatic hydroxyl groups is 1. The van der Waals surface area contributed by atoms with Crippen LogP contribution in [-0.2, 0) is 0 Å². The van der Waals surface area contributed by atoms with Crippen LogP contribution < -0.4 is 5.32 Å². The van der Waals surface area contributed by atoms with Gasteiger partial charge in [-0.3, -0.25) is 4.79 Å². The first-order valence-electron chi connectivity index (χ1n) is 5.09. The quantitative estimate of drug-likeness (QED) is 0.807. The molecular weight excluding hydrogens is 273 g/mol. The Kier molecular flexibility index (Phi) is 3.48. The van der Waals surface area contributed by atoms with Gasteiger partial charge in [0, 0.05) is 0 Å². The predicted octanol–water partition coefficient (Wildman–Crippen LogP) is 2.54. The number of phenolic OH excluding ortho intramolecular Hbond substituents is 1. The number of rotatable bonds is 3. The Bertz CT molecular complexity index is 653. The Morgan fingerprint density at radius 2 is 1.95 bits per heavy atom. The zero-order chi connectivity index (χ0) is 14.0. The van der Waals surface area contributed by atoms with Gasteiger partial charge in [0.25, 0.3) is 5.91 Å². The van der Waals surface area contributed by atoms with Gasteiger partial charge in [-0.1, -0.05) is 0 Å². The van der Waals surface area contributed by atoms with Crippen molar-refractivity contribution in [1.82, 2.24) is 0 Å². The van der Waals surface area contributed by atoms with Crippen LogP contribution >= 0.6 is 11.3 Å². The van der Waals surface area contributed by atoms with E-state index in [1.54, 1.807) is 0 Å². The lowest BCUT2D eigenvalue weighted by Gasteiger charge is -2.06. The van der Waals surface area contributed by atoms with Crippen LogP contribution in [0.4, 0.5) is 9.39 Å². The summed E-state index contributed by atoms with van der Waals surface area (Å²) in [5.74, 6) is -3.01. The number of hydrogen-bond donors (Lipinski definition) is 3. The van der Waals surface area contributed by atoms with E-state index in [0.29, 0.717) is 0 Å². The first-order valence-corrected chi connectivity index (χ1v) is 5.97. The van der Waals surface area contributed by atoms with Gasteiger partial charge in [-0.25, -0.2) is 9.18 Å². The number of aromatic carboxylic acids is 1. The Balaban J connectivity index is 2.28. The van der Waals surface area contributed by atoms with Crippen LogP contribution in [0.2, 0.25) is 0 Å². The molecule has 0 atom stereocenters. The van der Waals surface area contributed by atoms with Crippen molar-refractivity contribution < 1.29 is 24.2 Å². The molecule has 1 aromatic heterocycles. The van der Waals surface area contributed by atoms with Crippen LogP contribution in [0.5, 0.6) is 5.75 Å². The highest BCUT2D eigenvalue weighted by molar-refractivity contribution is 7.14. The van der Waals surface area contributed by atoms with Crippen molar-refractivity contribution in [2.75, 3.05) is 5.32 Å². The van der Waals surface area contributed by atoms with Gasteiger partial charge in [-0.2, -0.15) is 0 Å². The molecule has 0 radical (unpaired) electrons. The number of hydrogen-bond acceptors (Lipinski definition) is 4. The molecule has 5 nitrogen and oxygen atoms in total. The molecule has 0 aliphatic carbocycles. The minimum atomic E-state index is -1.18. The summed E-state index contributed by atoms with van der Waals surface area (Å²) in [6.45, 7) is 0. The highest BCUT2D eigenvalue weighted by Crippen LogP contribution is 2.25. The van der Waals surface area contributed by atoms with Crippen molar-refractivity contribution in [2.24, 2.45) is 0 Å². The number of carbonyl (C=O) groups is 2. The van der Waals surface area contributed by atoms with Gasteiger partial charge < -0.3 is 15.5 Å². The summed E-state index contributed by atoms with van der Waals surface area (Å²) in [6.07, 6.45) is 0. The van der Waals surface area contributed by atoms with E-state index in [-0.39, 0.29) is 21.9 Å². The van der Waals surface area contributed by atoms with E-state index in [0.717, 1.165) is 29.5 Å². The fraction of sp³-hybridized carbons (Fsp3) is 0. The van der Waals surface area contributed by atoms with Crippen LogP contribution in [0.1, 0.15) is 20.7 Å². The third-order valence-electron chi connectivity index (χ3n) is 2.33. The van der Waals surface area contributed by atoms with Crippen molar-refractivity contribution in [3.8, 4) is 5.75 Å². The number of amides is 1. The van der Waals surface area contributed by atoms with Gasteiger partial charge in [0.05, 0.1) is 11.1 Å². The molecular formula is C12H8FNO4S. The summed E-state index contributed by atoms with van der Waals surface area (Å²) in [5.41, 5.74) is -0.320. The number of carboxylic acids is 1. The highest BCUT2D eigenvalue weighted by Gasteiger charge is 2.17. The third-order valence-corrected chi connectivity index (χ3v) is 3.16. The molecule has 7 heteroatoms. The standard InChI is InChI=1S/C12H8FNO4S/c13-6-1-2-9(15)8(5-6)10(16)14-11-7(12(17)18)3-4-19-11/h1-5,15H,(H,14,16)(H,17,18). The van der Waals surface area contributed by atoms with Crippen LogP contribution in [0.3, 0.4) is 0 Å². The maximum atomic E-state index is 13.0. The number of carbonyl (C=O) groups excluding carboxylic acids is 1. The zero-order valence-electron chi connectivity index (χ0n) is 9.38. The molecule has 1 heterocycles. The molecule has 1 aromatic carbocycles. The van der Waals surface area contributed by atoms with E-state index in [2.05, 4.69) is 5.32 Å². The van der Waals surface area contributed by atoms with Crippen molar-refractivity contribution in [3.63, 3.8) is 0 Å². The van der Waals surface area contributed by atoms with E-state index in [9.17, 15) is 19.1 Å². The van der Waals surface area contributed by atoms with Gasteiger partial charge in [-0.05, 0) is 29.6 Å². The molecule has 0 saturated heterocycles. The van der Waals surface area contributed by atoms with E-state index in [1.807, 2.05) is 0 Å². The normalized spacial score (nSPS) is 10.2. The van der Waals surface area contributed by atoms with Crippen molar-refractivity contribution >= 4 is 28.2 Å². The molecule has 0 bridgehead atoms. The lowest BCUT2D eigenvalue weighted by molar-refractivity contribution is 0.0698. The Hall–Kier alpha value is -2.41. The second-order valence-electron chi connectivity index (χ2n) is 3.58. The van der Waals surface area contributed by atoms with E-state index >= 15 is 0 Å². The molecule has 0 saturated carbocycles. The summed E-state index contributed by atoms with van der Waals surface area (Å²) >= 11 is 1.02. The lowest BCUT2D eigenvalue weighted by atomic mass is 10.2. The van der Waals surface area contributed by atoms with Crippen molar-refractivity contribution in [1.29, 1.82) is 0 Å². The molecule has 0 spiro atoms. The minimum absolute atomic E-state index is 0.0609. The highest BCUT2D eigenvalue weighted by atomic mass is 32.1. The molecule has 2 aromatic rings. The molecule has 98 valence electrons. The van der Waals surface area contributed by atoms with Crippen LogP contribution in [-0.4, -0.2) is 22.1 Å². The number of halogens is 1. The average Bonchev–Trinajstić information content (AvgIpc) is 2.80. The second kappa shape index (κ2) is 5.07. The Morgan fingerprint density at radius 3 is 2.63 bits per heavy atom. The van der Waals surface area contributed by atoms with E-state index < -0.39 is 17.7 Å². The zero-order valence-corrected chi connectivity index (χ0v) is 10.2. The number of thiophene rings is 1. The molecule has 0 aliphatic rings. The van der Waals surface area contributed by atoms with Crippen LogP contribution in [0, 0.1) is 5.82 Å². The van der Waals surface area contributed by atoms with E-state index in [4.69, 9.17) is 5.11 Å². The molecule has 1 amide bonds. The smallest absolute Gasteiger partial charge is 0.338 e. The number of phenols is 1. The molecule has 2 rings (SSSR count). The van der Waals surface area contributed by atoms with Gasteiger partial charge >= 0.3 is 5.97 Å². The number of carboxylic acid groups (broad SMARTS) is 1. The monoisotopic (exact) mass is 281 g/mol. The largest absolute Gasteiger partial charge is 0.507 e. The summed E-state index contributed by atoms with van der Waals surface area (Å²) in [4.78, 5) is 22.7. The van der Waals surface area contributed by atoms with Gasteiger partial charge in [-0.15, -0.1) is 11.3 Å². The van der Waals surface area contributed by atoms with Crippen LogP contribution in [0.25, 0.3) is 0 Å². The number of nitrogens with one attached hydrogen (secondary N) is 1. The summed E-state index contributed by atoms with van der Waals surface area (Å²) in [6, 6.07) is 4.28. The summed E-state index contributed by atoms with van der Waals surface area (Å²) < 4.78 is 13.0. The molecule has 0 unspecified atom stereocenters. The molecule has 3 N–H and O–H groups in total.